The van der Waals surface area contributed by atoms with Crippen molar-refractivity contribution in [3.8, 4) is 0 Å². The van der Waals surface area contributed by atoms with Crippen molar-refractivity contribution in [3.05, 3.63) is 10.4 Å². The molecule has 0 aliphatic carbocycles. The van der Waals surface area contributed by atoms with E-state index < -0.39 is 0 Å². The van der Waals surface area contributed by atoms with Crippen molar-refractivity contribution in [2.24, 2.45) is 0 Å². The molecule has 0 radical (unpaired) electrons. The summed E-state index contributed by atoms with van der Waals surface area (Å²) >= 11 is 1.82. The Balaban J connectivity index is 1.68. The molecule has 1 unspecified atom stereocenters. The fourth-order valence-corrected chi connectivity index (χ4v) is 5.04. The Labute approximate surface area is 156 Å². The van der Waals surface area contributed by atoms with Gasteiger partial charge in [-0.25, -0.2) is 0 Å². The summed E-state index contributed by atoms with van der Waals surface area (Å²) in [7, 11) is 0. The van der Waals surface area contributed by atoms with Crippen LogP contribution >= 0.6 is 11.3 Å². The number of nitrogens with one attached hydrogen (secondary N) is 2. The largest absolute Gasteiger partial charge is 0.382 e. The predicted molar refractivity (Wildman–Crippen MR) is 102 cm³/mol. The van der Waals surface area contributed by atoms with Crippen LogP contribution in [0.1, 0.15) is 37.1 Å². The summed E-state index contributed by atoms with van der Waals surface area (Å²) in [5, 5.41) is 16.7. The molecule has 1 aliphatic heterocycles. The van der Waals surface area contributed by atoms with Gasteiger partial charge in [0.2, 0.25) is 0 Å². The number of fused-ring (bicyclic) bond motifs is 5. The Morgan fingerprint density at radius 2 is 2.27 bits per heavy atom. The molecule has 8 nitrogen and oxygen atoms in total. The first kappa shape index (κ1) is 17.6. The maximum absolute atomic E-state index is 5.43. The van der Waals surface area contributed by atoms with Gasteiger partial charge in [-0.2, -0.15) is 9.50 Å². The minimum Gasteiger partial charge on any atom is -0.382 e. The van der Waals surface area contributed by atoms with E-state index in [0.717, 1.165) is 49.8 Å². The topological polar surface area (TPSA) is 81.7 Å². The molecular weight excluding hydrogens is 350 g/mol. The summed E-state index contributed by atoms with van der Waals surface area (Å²) in [5.74, 6) is 1.47. The second-order valence-corrected chi connectivity index (χ2v) is 7.77. The summed E-state index contributed by atoms with van der Waals surface area (Å²) in [6, 6.07) is 0. The van der Waals surface area contributed by atoms with Gasteiger partial charge in [-0.05, 0) is 35.8 Å². The highest BCUT2D eigenvalue weighted by Crippen LogP contribution is 2.36. The van der Waals surface area contributed by atoms with Crippen LogP contribution in [0.2, 0.25) is 0 Å². The van der Waals surface area contributed by atoms with Crippen molar-refractivity contribution < 1.29 is 9.64 Å². The van der Waals surface area contributed by atoms with Gasteiger partial charge in [-0.1, -0.05) is 12.0 Å². The van der Waals surface area contributed by atoms with Crippen LogP contribution in [0.4, 0.5) is 5.82 Å². The van der Waals surface area contributed by atoms with Crippen LogP contribution in [0.5, 0.6) is 0 Å². The SMILES string of the molecule is CCC[NH+]1CCc2c(sc3c2c(NCCCOCC)nc2nnnn23)C1. The lowest BCUT2D eigenvalue weighted by atomic mass is 10.0. The van der Waals surface area contributed by atoms with E-state index in [0.29, 0.717) is 5.78 Å². The molecule has 1 atom stereocenters. The Bertz CT molecular complexity index is 890. The number of ether oxygens (including phenoxy) is 1. The van der Waals surface area contributed by atoms with Gasteiger partial charge in [0, 0.05) is 26.2 Å². The smallest absolute Gasteiger partial charge is 0.276 e. The standard InChI is InChI=1S/C17H25N7OS/c1-3-8-23-9-6-12-13(11-23)26-16-14(12)15(18-7-5-10-25-4-2)19-17-20-21-22-24(16)17/h3-11H2,1-2H3,(H,18,19,20,22)/p+1. The molecule has 4 heterocycles. The van der Waals surface area contributed by atoms with Crippen molar-refractivity contribution >= 4 is 33.1 Å². The van der Waals surface area contributed by atoms with Gasteiger partial charge >= 0.3 is 0 Å². The molecule has 0 saturated carbocycles. The normalized spacial score (nSPS) is 17.1. The van der Waals surface area contributed by atoms with Crippen LogP contribution in [0.25, 0.3) is 16.0 Å². The number of rotatable bonds is 8. The van der Waals surface area contributed by atoms with E-state index in [1.54, 1.807) is 9.42 Å². The highest BCUT2D eigenvalue weighted by molar-refractivity contribution is 7.19. The number of hydrogen-bond acceptors (Lipinski definition) is 7. The molecule has 2 N–H and O–H groups in total. The molecule has 9 heteroatoms. The molecule has 4 rings (SSSR count). The number of quaternary nitrogens is 1. The second-order valence-electron chi connectivity index (χ2n) is 6.69. The van der Waals surface area contributed by atoms with Gasteiger partial charge in [0.15, 0.2) is 0 Å². The van der Waals surface area contributed by atoms with Gasteiger partial charge in [0.25, 0.3) is 5.78 Å². The lowest BCUT2D eigenvalue weighted by molar-refractivity contribution is -0.915. The molecule has 26 heavy (non-hydrogen) atoms. The van der Waals surface area contributed by atoms with E-state index in [1.165, 1.54) is 35.3 Å². The van der Waals surface area contributed by atoms with Crippen LogP contribution in [-0.4, -0.2) is 57.9 Å². The third-order valence-electron chi connectivity index (χ3n) is 4.87. The molecule has 0 aromatic carbocycles. The van der Waals surface area contributed by atoms with E-state index in [4.69, 9.17) is 9.72 Å². The van der Waals surface area contributed by atoms with Gasteiger partial charge < -0.3 is 15.0 Å². The minimum atomic E-state index is 0.557. The fraction of sp³-hybridized carbons (Fsp3) is 0.647. The molecule has 3 aromatic rings. The molecule has 140 valence electrons. The van der Waals surface area contributed by atoms with Gasteiger partial charge in [0.05, 0.1) is 23.4 Å². The van der Waals surface area contributed by atoms with Crippen molar-refractivity contribution in [2.75, 3.05) is 38.2 Å². The van der Waals surface area contributed by atoms with Crippen LogP contribution in [0.15, 0.2) is 0 Å². The zero-order chi connectivity index (χ0) is 17.9. The average molecular weight is 377 g/mol. The Kier molecular flexibility index (Phi) is 5.28. The summed E-state index contributed by atoms with van der Waals surface area (Å²) in [6.07, 6.45) is 3.27. The highest BCUT2D eigenvalue weighted by Gasteiger charge is 2.27. The van der Waals surface area contributed by atoms with Gasteiger partial charge in [-0.3, -0.25) is 0 Å². The Hall–Kier alpha value is -1.84. The van der Waals surface area contributed by atoms with Crippen LogP contribution in [0.3, 0.4) is 0 Å². The number of thiophene rings is 1. The molecule has 0 saturated heterocycles. The van der Waals surface area contributed by atoms with E-state index >= 15 is 0 Å². The maximum atomic E-state index is 5.43. The number of aromatic nitrogens is 5. The molecule has 1 aliphatic rings. The van der Waals surface area contributed by atoms with Gasteiger partial charge in [-0.15, -0.1) is 11.3 Å². The molecule has 0 fully saturated rings. The van der Waals surface area contributed by atoms with E-state index in [2.05, 4.69) is 27.8 Å². The average Bonchev–Trinajstić information content (AvgIpc) is 3.25. The third kappa shape index (κ3) is 3.26. The zero-order valence-electron chi connectivity index (χ0n) is 15.4. The lowest BCUT2D eigenvalue weighted by Crippen LogP contribution is -3.11. The van der Waals surface area contributed by atoms with Crippen molar-refractivity contribution in [3.63, 3.8) is 0 Å². The number of hydrogen-bond donors (Lipinski definition) is 2. The van der Waals surface area contributed by atoms with Crippen LogP contribution in [-0.2, 0) is 17.7 Å². The summed E-state index contributed by atoms with van der Waals surface area (Å²) in [4.78, 5) is 8.92. The van der Waals surface area contributed by atoms with Crippen molar-refractivity contribution in [1.82, 2.24) is 25.0 Å². The minimum absolute atomic E-state index is 0.557. The second kappa shape index (κ2) is 7.81. The third-order valence-corrected chi connectivity index (χ3v) is 6.08. The first-order valence-corrected chi connectivity index (χ1v) is 10.3. The molecule has 3 aromatic heterocycles. The van der Waals surface area contributed by atoms with Crippen LogP contribution in [0, 0.1) is 0 Å². The van der Waals surface area contributed by atoms with Gasteiger partial charge in [0.1, 0.15) is 17.2 Å². The van der Waals surface area contributed by atoms with E-state index in [1.807, 2.05) is 18.3 Å². The van der Waals surface area contributed by atoms with E-state index in [9.17, 15) is 0 Å². The summed E-state index contributed by atoms with van der Waals surface area (Å²) < 4.78 is 7.21. The molecular formula is C17H26N7OS+. The molecule has 0 spiro atoms. The van der Waals surface area contributed by atoms with E-state index in [-0.39, 0.29) is 0 Å². The fourth-order valence-electron chi connectivity index (χ4n) is 3.68. The molecule has 0 bridgehead atoms. The Morgan fingerprint density at radius 3 is 3.12 bits per heavy atom. The highest BCUT2D eigenvalue weighted by atomic mass is 32.1. The number of anilines is 1. The molecule has 0 amide bonds. The van der Waals surface area contributed by atoms with Crippen molar-refractivity contribution in [1.29, 1.82) is 0 Å². The van der Waals surface area contributed by atoms with Crippen LogP contribution < -0.4 is 10.2 Å². The zero-order valence-corrected chi connectivity index (χ0v) is 16.2. The summed E-state index contributed by atoms with van der Waals surface area (Å²) in [5.41, 5.74) is 1.43. The number of nitrogens with zero attached hydrogens (tertiary/aromatic N) is 5. The maximum Gasteiger partial charge on any atom is 0.276 e. The predicted octanol–water partition coefficient (Wildman–Crippen LogP) is 0.923. The summed E-state index contributed by atoms with van der Waals surface area (Å²) in [6.45, 7) is 10.1. The quantitative estimate of drug-likeness (QED) is 0.569. The number of tetrazole rings is 1. The first-order chi connectivity index (χ1) is 12.8. The monoisotopic (exact) mass is 376 g/mol. The lowest BCUT2D eigenvalue weighted by Gasteiger charge is -2.23. The van der Waals surface area contributed by atoms with Crippen molar-refractivity contribution in [2.45, 2.75) is 39.7 Å². The first-order valence-electron chi connectivity index (χ1n) is 9.49. The Morgan fingerprint density at radius 1 is 1.35 bits per heavy atom.